The molecule has 0 aliphatic carbocycles. The predicted octanol–water partition coefficient (Wildman–Crippen LogP) is 0.951. The monoisotopic (exact) mass is 356 g/mol. The molecule has 1 saturated heterocycles. The summed E-state index contributed by atoms with van der Waals surface area (Å²) in [6.07, 6.45) is 1.38. The molecule has 1 aromatic heterocycles. The summed E-state index contributed by atoms with van der Waals surface area (Å²) in [4.78, 5) is 14.3. The van der Waals surface area contributed by atoms with Crippen LogP contribution in [0.4, 0.5) is 0 Å². The molecule has 1 aliphatic rings. The molecule has 0 atom stereocenters. The van der Waals surface area contributed by atoms with E-state index in [0.717, 1.165) is 13.1 Å². The molecule has 7 nitrogen and oxygen atoms in total. The summed E-state index contributed by atoms with van der Waals surface area (Å²) in [6.45, 7) is 1.49. The third-order valence-electron chi connectivity index (χ3n) is 3.89. The van der Waals surface area contributed by atoms with Gasteiger partial charge in [-0.1, -0.05) is 11.6 Å². The Hall–Kier alpha value is -1.61. The maximum atomic E-state index is 12.8. The van der Waals surface area contributed by atoms with E-state index in [4.69, 9.17) is 17.3 Å². The maximum absolute atomic E-state index is 12.8. The number of primary amides is 1. The van der Waals surface area contributed by atoms with Crippen LogP contribution in [0.25, 0.3) is 10.9 Å². The molecular weight excluding hydrogens is 340 g/mol. The highest BCUT2D eigenvalue weighted by Gasteiger charge is 2.29. The molecule has 2 aromatic rings. The lowest BCUT2D eigenvalue weighted by Gasteiger charge is -2.23. The van der Waals surface area contributed by atoms with Crippen LogP contribution in [-0.4, -0.2) is 38.4 Å². The van der Waals surface area contributed by atoms with Gasteiger partial charge in [-0.25, -0.2) is 13.1 Å². The van der Waals surface area contributed by atoms with Crippen molar-refractivity contribution in [2.24, 2.45) is 5.73 Å². The van der Waals surface area contributed by atoms with Crippen LogP contribution in [0.15, 0.2) is 23.1 Å². The Kier molecular flexibility index (Phi) is 4.33. The van der Waals surface area contributed by atoms with Crippen molar-refractivity contribution in [3.05, 3.63) is 28.9 Å². The molecule has 2 heterocycles. The zero-order valence-corrected chi connectivity index (χ0v) is 13.8. The molecule has 0 bridgehead atoms. The van der Waals surface area contributed by atoms with Gasteiger partial charge in [0.15, 0.2) is 0 Å². The summed E-state index contributed by atoms with van der Waals surface area (Å²) in [5.41, 5.74) is 5.70. The number of sulfonamides is 1. The minimum atomic E-state index is -3.90. The van der Waals surface area contributed by atoms with Gasteiger partial charge in [0, 0.05) is 22.0 Å². The third kappa shape index (κ3) is 3.20. The average Bonchev–Trinajstić information content (AvgIpc) is 2.87. The van der Waals surface area contributed by atoms with E-state index in [1.54, 1.807) is 12.1 Å². The number of nitrogens with two attached hydrogens (primary N) is 1. The molecule has 1 amide bonds. The van der Waals surface area contributed by atoms with Crippen LogP contribution in [0.3, 0.4) is 0 Å². The van der Waals surface area contributed by atoms with Crippen molar-refractivity contribution in [2.75, 3.05) is 13.1 Å². The number of hydrogen-bond acceptors (Lipinski definition) is 4. The van der Waals surface area contributed by atoms with Gasteiger partial charge in [0.05, 0.1) is 0 Å². The van der Waals surface area contributed by atoms with E-state index in [0.29, 0.717) is 28.8 Å². The van der Waals surface area contributed by atoms with Crippen molar-refractivity contribution in [3.63, 3.8) is 0 Å². The summed E-state index contributed by atoms with van der Waals surface area (Å²) in [7, 11) is -3.90. The first-order valence-electron chi connectivity index (χ1n) is 7.22. The van der Waals surface area contributed by atoms with Gasteiger partial charge >= 0.3 is 0 Å². The number of H-pyrrole nitrogens is 1. The summed E-state index contributed by atoms with van der Waals surface area (Å²) in [5.74, 6) is -0.831. The summed E-state index contributed by atoms with van der Waals surface area (Å²) < 4.78 is 28.3. The quantitative estimate of drug-likeness (QED) is 0.652. The number of piperidine rings is 1. The van der Waals surface area contributed by atoms with E-state index in [1.165, 1.54) is 6.07 Å². The molecule has 23 heavy (non-hydrogen) atoms. The van der Waals surface area contributed by atoms with Crippen molar-refractivity contribution in [1.82, 2.24) is 15.0 Å². The van der Waals surface area contributed by atoms with Gasteiger partial charge in [0.25, 0.3) is 5.91 Å². The van der Waals surface area contributed by atoms with Crippen molar-refractivity contribution in [3.8, 4) is 0 Å². The zero-order chi connectivity index (χ0) is 16.6. The van der Waals surface area contributed by atoms with E-state index in [9.17, 15) is 13.2 Å². The summed E-state index contributed by atoms with van der Waals surface area (Å²) in [5, 5.41) is 3.90. The number of carbonyl (C=O) groups is 1. The second-order valence-electron chi connectivity index (χ2n) is 5.53. The second-order valence-corrected chi connectivity index (χ2v) is 7.62. The molecule has 0 radical (unpaired) electrons. The first-order chi connectivity index (χ1) is 10.9. The number of halogens is 1. The van der Waals surface area contributed by atoms with Gasteiger partial charge < -0.3 is 16.0 Å². The summed E-state index contributed by atoms with van der Waals surface area (Å²) in [6, 6.07) is 4.57. The molecule has 0 saturated carbocycles. The van der Waals surface area contributed by atoms with Crippen LogP contribution >= 0.6 is 11.6 Å². The lowest BCUT2D eigenvalue weighted by Crippen LogP contribution is -2.43. The number of benzene rings is 1. The number of aromatic nitrogens is 1. The van der Waals surface area contributed by atoms with Crippen LogP contribution < -0.4 is 15.8 Å². The number of fused-ring (bicyclic) bond motifs is 1. The number of nitrogens with one attached hydrogen (secondary N) is 3. The van der Waals surface area contributed by atoms with Crippen LogP contribution in [0.2, 0.25) is 5.02 Å². The zero-order valence-electron chi connectivity index (χ0n) is 12.2. The molecule has 0 unspecified atom stereocenters. The van der Waals surface area contributed by atoms with E-state index in [2.05, 4.69) is 15.0 Å². The maximum Gasteiger partial charge on any atom is 0.266 e. The van der Waals surface area contributed by atoms with E-state index in [1.807, 2.05) is 0 Å². The first kappa shape index (κ1) is 16.3. The Morgan fingerprint density at radius 3 is 2.65 bits per heavy atom. The first-order valence-corrected chi connectivity index (χ1v) is 9.08. The van der Waals surface area contributed by atoms with Crippen LogP contribution in [0.1, 0.15) is 23.3 Å². The second kappa shape index (κ2) is 6.12. The Morgan fingerprint density at radius 1 is 1.30 bits per heavy atom. The topological polar surface area (TPSA) is 117 Å². The number of hydrogen-bond donors (Lipinski definition) is 4. The molecule has 1 fully saturated rings. The normalized spacial score (nSPS) is 16.7. The highest BCUT2D eigenvalue weighted by atomic mass is 35.5. The molecule has 1 aromatic carbocycles. The SMILES string of the molecule is NC(=O)c1[nH]c2ccc(Cl)cc2c1S(=O)(=O)NC1CCNCC1. The fraction of sp³-hybridized carbons (Fsp3) is 0.357. The van der Waals surface area contributed by atoms with Gasteiger partial charge in [-0.3, -0.25) is 4.79 Å². The van der Waals surface area contributed by atoms with Crippen LogP contribution in [0.5, 0.6) is 0 Å². The van der Waals surface area contributed by atoms with Gasteiger partial charge in [-0.05, 0) is 44.1 Å². The Balaban J connectivity index is 2.10. The number of amides is 1. The molecule has 0 spiro atoms. The standard InChI is InChI=1S/C14H17ClN4O3S/c15-8-1-2-11-10(7-8)13(12(18-11)14(16)20)23(21,22)19-9-3-5-17-6-4-9/h1-2,7,9,17-19H,3-6H2,(H2,16,20). The number of rotatable bonds is 4. The van der Waals surface area contributed by atoms with Gasteiger partial charge in [0.2, 0.25) is 10.0 Å². The number of aromatic amines is 1. The average molecular weight is 357 g/mol. The van der Waals surface area contributed by atoms with E-state index in [-0.39, 0.29) is 16.6 Å². The Labute approximate surface area is 138 Å². The van der Waals surface area contributed by atoms with Crippen molar-refractivity contribution < 1.29 is 13.2 Å². The number of carbonyl (C=O) groups excluding carboxylic acids is 1. The van der Waals surface area contributed by atoms with E-state index >= 15 is 0 Å². The minimum Gasteiger partial charge on any atom is -0.364 e. The van der Waals surface area contributed by atoms with E-state index < -0.39 is 15.9 Å². The third-order valence-corrected chi connectivity index (χ3v) is 5.73. The van der Waals surface area contributed by atoms with Crippen molar-refractivity contribution >= 4 is 38.4 Å². The largest absolute Gasteiger partial charge is 0.364 e. The van der Waals surface area contributed by atoms with Gasteiger partial charge in [0.1, 0.15) is 10.6 Å². The van der Waals surface area contributed by atoms with Gasteiger partial charge in [-0.15, -0.1) is 0 Å². The molecule has 5 N–H and O–H groups in total. The molecule has 124 valence electrons. The molecular formula is C14H17ClN4O3S. The predicted molar refractivity (Wildman–Crippen MR) is 88.0 cm³/mol. The fourth-order valence-electron chi connectivity index (χ4n) is 2.81. The highest BCUT2D eigenvalue weighted by molar-refractivity contribution is 7.89. The lowest BCUT2D eigenvalue weighted by atomic mass is 10.1. The molecule has 9 heteroatoms. The molecule has 3 rings (SSSR count). The smallest absolute Gasteiger partial charge is 0.266 e. The Bertz CT molecular complexity index is 856. The molecule has 1 aliphatic heterocycles. The van der Waals surface area contributed by atoms with Crippen LogP contribution in [-0.2, 0) is 10.0 Å². The van der Waals surface area contributed by atoms with Crippen molar-refractivity contribution in [2.45, 2.75) is 23.8 Å². The lowest BCUT2D eigenvalue weighted by molar-refractivity contribution is 0.0993. The minimum absolute atomic E-state index is 0.135. The fourth-order valence-corrected chi connectivity index (χ4v) is 4.65. The highest BCUT2D eigenvalue weighted by Crippen LogP contribution is 2.29. The Morgan fingerprint density at radius 2 is 2.00 bits per heavy atom. The van der Waals surface area contributed by atoms with Gasteiger partial charge in [-0.2, -0.15) is 0 Å². The van der Waals surface area contributed by atoms with Crippen molar-refractivity contribution in [1.29, 1.82) is 0 Å². The van der Waals surface area contributed by atoms with Crippen LogP contribution in [0, 0.1) is 0 Å². The summed E-state index contributed by atoms with van der Waals surface area (Å²) >= 11 is 5.97.